The van der Waals surface area contributed by atoms with Crippen molar-refractivity contribution < 1.29 is 18.3 Å². The summed E-state index contributed by atoms with van der Waals surface area (Å²) in [5, 5.41) is 8.68. The molecule has 0 aliphatic carbocycles. The zero-order valence-corrected chi connectivity index (χ0v) is 15.0. The maximum absolute atomic E-state index is 12.4. The molecule has 0 bridgehead atoms. The minimum Gasteiger partial charge on any atom is -0.481 e. The molecule has 2 N–H and O–H groups in total. The summed E-state index contributed by atoms with van der Waals surface area (Å²) in [6, 6.07) is 4.83. The van der Waals surface area contributed by atoms with Crippen LogP contribution in [0.1, 0.15) is 26.7 Å². The Morgan fingerprint density at radius 2 is 1.95 bits per heavy atom. The number of carboxylic acid groups (broad SMARTS) is 1. The van der Waals surface area contributed by atoms with E-state index in [9.17, 15) is 13.2 Å². The first-order valence-corrected chi connectivity index (χ1v) is 8.81. The summed E-state index contributed by atoms with van der Waals surface area (Å²) in [6.07, 6.45) is 0.0996. The summed E-state index contributed by atoms with van der Waals surface area (Å²) in [7, 11) is -3.74. The predicted octanol–water partition coefficient (Wildman–Crippen LogP) is 3.13. The monoisotopic (exact) mass is 427 g/mol. The number of nitrogens with one attached hydrogen (secondary N) is 1. The molecule has 0 aliphatic rings. The molecular formula is C12H15Br2NO4S. The van der Waals surface area contributed by atoms with Gasteiger partial charge in [0.25, 0.3) is 0 Å². The Morgan fingerprint density at radius 3 is 2.50 bits per heavy atom. The van der Waals surface area contributed by atoms with Crippen LogP contribution in [0.4, 0.5) is 0 Å². The first kappa shape index (κ1) is 17.6. The Labute approximate surface area is 135 Å². The van der Waals surface area contributed by atoms with Crippen LogP contribution in [0.3, 0.4) is 0 Å². The minimum atomic E-state index is -3.74. The SMILES string of the molecule is CC(C)(CCC(=O)O)NS(=O)(=O)c1cc(Br)ccc1Br. The second-order valence-corrected chi connectivity index (χ2v) is 8.38. The van der Waals surface area contributed by atoms with Crippen LogP contribution in [0.5, 0.6) is 0 Å². The normalized spacial score (nSPS) is 12.4. The number of carboxylic acids is 1. The van der Waals surface area contributed by atoms with E-state index in [0.717, 1.165) is 0 Å². The van der Waals surface area contributed by atoms with Crippen molar-refractivity contribution in [3.63, 3.8) is 0 Å². The molecule has 1 aromatic carbocycles. The van der Waals surface area contributed by atoms with Crippen molar-refractivity contribution in [2.24, 2.45) is 0 Å². The van der Waals surface area contributed by atoms with Gasteiger partial charge < -0.3 is 5.11 Å². The van der Waals surface area contributed by atoms with E-state index in [0.29, 0.717) is 8.95 Å². The average molecular weight is 429 g/mol. The zero-order chi connectivity index (χ0) is 15.6. The summed E-state index contributed by atoms with van der Waals surface area (Å²) in [6.45, 7) is 3.30. The first-order chi connectivity index (χ1) is 9.03. The van der Waals surface area contributed by atoms with Crippen molar-refractivity contribution in [1.82, 2.24) is 4.72 Å². The van der Waals surface area contributed by atoms with Gasteiger partial charge in [0.15, 0.2) is 0 Å². The molecule has 8 heteroatoms. The molecule has 0 heterocycles. The maximum Gasteiger partial charge on any atom is 0.303 e. The second-order valence-electron chi connectivity index (χ2n) is 4.96. The fourth-order valence-electron chi connectivity index (χ4n) is 1.57. The lowest BCUT2D eigenvalue weighted by molar-refractivity contribution is -0.137. The molecule has 0 fully saturated rings. The number of hydrogen-bond acceptors (Lipinski definition) is 3. The van der Waals surface area contributed by atoms with E-state index in [-0.39, 0.29) is 17.7 Å². The van der Waals surface area contributed by atoms with Crippen molar-refractivity contribution in [3.05, 3.63) is 27.1 Å². The van der Waals surface area contributed by atoms with Crippen molar-refractivity contribution in [2.45, 2.75) is 37.1 Å². The highest BCUT2D eigenvalue weighted by molar-refractivity contribution is 9.11. The van der Waals surface area contributed by atoms with E-state index >= 15 is 0 Å². The van der Waals surface area contributed by atoms with E-state index in [1.165, 1.54) is 6.07 Å². The van der Waals surface area contributed by atoms with Gasteiger partial charge in [-0.3, -0.25) is 4.79 Å². The quantitative estimate of drug-likeness (QED) is 0.728. The van der Waals surface area contributed by atoms with Gasteiger partial charge in [-0.25, -0.2) is 13.1 Å². The lowest BCUT2D eigenvalue weighted by Crippen LogP contribution is -2.43. The van der Waals surface area contributed by atoms with Crippen LogP contribution in [0, 0.1) is 0 Å². The van der Waals surface area contributed by atoms with Gasteiger partial charge in [-0.05, 0) is 54.4 Å². The highest BCUT2D eigenvalue weighted by atomic mass is 79.9. The van der Waals surface area contributed by atoms with Gasteiger partial charge in [-0.2, -0.15) is 0 Å². The van der Waals surface area contributed by atoms with Gasteiger partial charge >= 0.3 is 5.97 Å². The number of rotatable bonds is 6. The highest BCUT2D eigenvalue weighted by Crippen LogP contribution is 2.27. The maximum atomic E-state index is 12.4. The molecule has 0 saturated carbocycles. The van der Waals surface area contributed by atoms with Crippen LogP contribution in [-0.2, 0) is 14.8 Å². The van der Waals surface area contributed by atoms with Crippen molar-refractivity contribution in [1.29, 1.82) is 0 Å². The van der Waals surface area contributed by atoms with Crippen LogP contribution < -0.4 is 4.72 Å². The fraction of sp³-hybridized carbons (Fsp3) is 0.417. The van der Waals surface area contributed by atoms with Crippen molar-refractivity contribution >= 4 is 47.9 Å². The van der Waals surface area contributed by atoms with E-state index in [1.807, 2.05) is 0 Å². The summed E-state index contributed by atoms with van der Waals surface area (Å²) in [4.78, 5) is 10.7. The average Bonchev–Trinajstić information content (AvgIpc) is 2.28. The van der Waals surface area contributed by atoms with Gasteiger partial charge in [0.2, 0.25) is 10.0 Å². The minimum absolute atomic E-state index is 0.102. The molecule has 0 radical (unpaired) electrons. The van der Waals surface area contributed by atoms with Crippen LogP contribution in [0.15, 0.2) is 32.0 Å². The van der Waals surface area contributed by atoms with Crippen LogP contribution in [-0.4, -0.2) is 25.0 Å². The second kappa shape index (κ2) is 6.55. The highest BCUT2D eigenvalue weighted by Gasteiger charge is 2.28. The molecule has 5 nitrogen and oxygen atoms in total. The van der Waals surface area contributed by atoms with Gasteiger partial charge in [-0.1, -0.05) is 15.9 Å². The third kappa shape index (κ3) is 5.16. The number of hydrogen-bond donors (Lipinski definition) is 2. The third-order valence-corrected chi connectivity index (χ3v) is 5.74. The molecule has 1 rings (SSSR count). The van der Waals surface area contributed by atoms with Crippen LogP contribution in [0.25, 0.3) is 0 Å². The topological polar surface area (TPSA) is 83.5 Å². The third-order valence-electron chi connectivity index (χ3n) is 2.56. The number of aliphatic carboxylic acids is 1. The molecule has 0 spiro atoms. The van der Waals surface area contributed by atoms with Crippen molar-refractivity contribution in [3.8, 4) is 0 Å². The van der Waals surface area contributed by atoms with Gasteiger partial charge in [0, 0.05) is 20.9 Å². The number of carbonyl (C=O) groups is 1. The molecule has 20 heavy (non-hydrogen) atoms. The van der Waals surface area contributed by atoms with Gasteiger partial charge in [0.1, 0.15) is 0 Å². The Bertz CT molecular complexity index is 614. The van der Waals surface area contributed by atoms with E-state index in [4.69, 9.17) is 5.11 Å². The Hall–Kier alpha value is -0.440. The summed E-state index contributed by atoms with van der Waals surface area (Å²) in [5.74, 6) is -0.957. The Balaban J connectivity index is 3.00. The molecule has 1 aromatic rings. The summed E-state index contributed by atoms with van der Waals surface area (Å²) in [5.41, 5.74) is -0.848. The molecule has 0 aromatic heterocycles. The lowest BCUT2D eigenvalue weighted by Gasteiger charge is -2.25. The van der Waals surface area contributed by atoms with E-state index < -0.39 is 21.5 Å². The molecular weight excluding hydrogens is 414 g/mol. The van der Waals surface area contributed by atoms with Gasteiger partial charge in [-0.15, -0.1) is 0 Å². The zero-order valence-electron chi connectivity index (χ0n) is 11.0. The molecule has 0 unspecified atom stereocenters. The summed E-state index contributed by atoms with van der Waals surface area (Å²) >= 11 is 6.43. The van der Waals surface area contributed by atoms with E-state index in [2.05, 4.69) is 36.6 Å². The number of halogens is 2. The lowest BCUT2D eigenvalue weighted by atomic mass is 10.0. The fourth-order valence-corrected chi connectivity index (χ4v) is 4.52. The standard InChI is InChI=1S/C12H15Br2NO4S/c1-12(2,6-5-11(16)17)15-20(18,19)10-7-8(13)3-4-9(10)14/h3-4,7,15H,5-6H2,1-2H3,(H,16,17). The Morgan fingerprint density at radius 1 is 1.35 bits per heavy atom. The Kier molecular flexibility index (Phi) is 5.77. The number of sulfonamides is 1. The molecule has 112 valence electrons. The van der Waals surface area contributed by atoms with E-state index in [1.54, 1.807) is 26.0 Å². The molecule has 0 saturated heterocycles. The van der Waals surface area contributed by atoms with Gasteiger partial charge in [0.05, 0.1) is 4.90 Å². The number of benzene rings is 1. The first-order valence-electron chi connectivity index (χ1n) is 5.74. The molecule has 0 amide bonds. The van der Waals surface area contributed by atoms with Crippen molar-refractivity contribution in [2.75, 3.05) is 0 Å². The smallest absolute Gasteiger partial charge is 0.303 e. The predicted molar refractivity (Wildman–Crippen MR) is 83.1 cm³/mol. The molecule has 0 aliphatic heterocycles. The van der Waals surface area contributed by atoms with Crippen LogP contribution in [0.2, 0.25) is 0 Å². The summed E-state index contributed by atoms with van der Waals surface area (Å²) < 4.78 is 28.3. The molecule has 0 atom stereocenters. The van der Waals surface area contributed by atoms with Crippen LogP contribution >= 0.6 is 31.9 Å². The largest absolute Gasteiger partial charge is 0.481 e.